The zero-order chi connectivity index (χ0) is 22.4. The molecule has 0 radical (unpaired) electrons. The predicted molar refractivity (Wildman–Crippen MR) is 113 cm³/mol. The lowest BCUT2D eigenvalue weighted by Gasteiger charge is -2.33. The number of hydrogen-bond acceptors (Lipinski definition) is 4. The van der Waals surface area contributed by atoms with Gasteiger partial charge < -0.3 is 14.4 Å². The summed E-state index contributed by atoms with van der Waals surface area (Å²) in [7, 11) is 0. The molecule has 2 aromatic rings. The number of aromatic nitrogens is 1. The van der Waals surface area contributed by atoms with Gasteiger partial charge in [0.15, 0.2) is 10.5 Å². The quantitative estimate of drug-likeness (QED) is 0.593. The SMILES string of the molecule is CC1(C)OC(c2ccc(-c3ccc(C4(F)COC4)nc3)cc2)C(CF)N1C(=O)C(Cl)Cl. The fourth-order valence-corrected chi connectivity index (χ4v) is 4.29. The van der Waals surface area contributed by atoms with Gasteiger partial charge in [-0.2, -0.15) is 0 Å². The fourth-order valence-electron chi connectivity index (χ4n) is 4.08. The van der Waals surface area contributed by atoms with E-state index in [4.69, 9.17) is 32.7 Å². The van der Waals surface area contributed by atoms with Crippen molar-refractivity contribution in [3.05, 3.63) is 53.9 Å². The van der Waals surface area contributed by atoms with Crippen molar-refractivity contribution < 1.29 is 23.0 Å². The molecule has 1 aromatic heterocycles. The van der Waals surface area contributed by atoms with Crippen LogP contribution in [0.5, 0.6) is 0 Å². The standard InChI is InChI=1S/C22H22Cl2F2N2O3/c1-21(2)28(20(29)19(23)24)16(9-25)18(31-21)14-5-3-13(4-6-14)15-7-8-17(27-10-15)22(26)11-30-12-22/h3-8,10,16,18-19H,9,11-12H2,1-2H3. The van der Waals surface area contributed by atoms with Crippen LogP contribution in [0.25, 0.3) is 11.1 Å². The molecule has 2 atom stereocenters. The largest absolute Gasteiger partial charge is 0.374 e. The van der Waals surface area contributed by atoms with Crippen molar-refractivity contribution in [1.82, 2.24) is 9.88 Å². The van der Waals surface area contributed by atoms with Crippen LogP contribution in [-0.4, -0.2) is 52.3 Å². The highest BCUT2D eigenvalue weighted by atomic mass is 35.5. The molecule has 2 saturated heterocycles. The summed E-state index contributed by atoms with van der Waals surface area (Å²) in [5.74, 6) is -0.594. The second-order valence-corrected chi connectivity index (χ2v) is 9.32. The van der Waals surface area contributed by atoms with E-state index >= 15 is 0 Å². The van der Waals surface area contributed by atoms with Gasteiger partial charge in [-0.1, -0.05) is 53.5 Å². The minimum absolute atomic E-state index is 0.0230. The van der Waals surface area contributed by atoms with Gasteiger partial charge in [-0.3, -0.25) is 9.78 Å². The van der Waals surface area contributed by atoms with Crippen LogP contribution in [0.4, 0.5) is 8.78 Å². The fraction of sp³-hybridized carbons (Fsp3) is 0.455. The summed E-state index contributed by atoms with van der Waals surface area (Å²) in [5, 5.41) is 0. The Morgan fingerprint density at radius 2 is 1.84 bits per heavy atom. The summed E-state index contributed by atoms with van der Waals surface area (Å²) < 4.78 is 39.3. The number of benzene rings is 1. The van der Waals surface area contributed by atoms with E-state index in [9.17, 15) is 13.6 Å². The number of halogens is 4. The Bertz CT molecular complexity index is 950. The Hall–Kier alpha value is -1.80. The highest BCUT2D eigenvalue weighted by Crippen LogP contribution is 2.42. The number of ether oxygens (including phenoxy) is 2. The van der Waals surface area contributed by atoms with Crippen molar-refractivity contribution in [3.8, 4) is 11.1 Å². The maximum Gasteiger partial charge on any atom is 0.258 e. The van der Waals surface area contributed by atoms with E-state index in [1.54, 1.807) is 32.2 Å². The second-order valence-electron chi connectivity index (χ2n) is 8.23. The third-order valence-electron chi connectivity index (χ3n) is 5.72. The van der Waals surface area contributed by atoms with Gasteiger partial charge in [0.25, 0.3) is 5.91 Å². The van der Waals surface area contributed by atoms with E-state index in [0.717, 1.165) is 16.7 Å². The van der Waals surface area contributed by atoms with E-state index in [1.807, 2.05) is 24.3 Å². The van der Waals surface area contributed by atoms with Gasteiger partial charge in [0.1, 0.15) is 18.5 Å². The van der Waals surface area contributed by atoms with E-state index in [2.05, 4.69) is 4.98 Å². The van der Waals surface area contributed by atoms with Gasteiger partial charge in [0, 0.05) is 11.8 Å². The summed E-state index contributed by atoms with van der Waals surface area (Å²) >= 11 is 11.5. The molecule has 2 aliphatic rings. The molecule has 0 spiro atoms. The summed E-state index contributed by atoms with van der Waals surface area (Å²) in [6.07, 6.45) is 0.945. The van der Waals surface area contributed by atoms with Gasteiger partial charge in [-0.15, -0.1) is 0 Å². The molecule has 0 aliphatic carbocycles. The van der Waals surface area contributed by atoms with Crippen LogP contribution in [0.1, 0.15) is 31.2 Å². The number of pyridine rings is 1. The summed E-state index contributed by atoms with van der Waals surface area (Å²) in [6.45, 7) is 2.60. The first-order valence-corrected chi connectivity index (χ1v) is 10.7. The lowest BCUT2D eigenvalue weighted by atomic mass is 9.97. The molecule has 5 nitrogen and oxygen atoms in total. The van der Waals surface area contributed by atoms with E-state index in [1.165, 1.54) is 4.90 Å². The topological polar surface area (TPSA) is 51.7 Å². The molecule has 31 heavy (non-hydrogen) atoms. The average molecular weight is 471 g/mol. The molecule has 2 aliphatic heterocycles. The Kier molecular flexibility index (Phi) is 5.98. The normalized spacial score (nSPS) is 24.3. The van der Waals surface area contributed by atoms with Gasteiger partial charge >= 0.3 is 0 Å². The molecule has 0 N–H and O–H groups in total. The Morgan fingerprint density at radius 3 is 2.32 bits per heavy atom. The first kappa shape index (κ1) is 22.4. The van der Waals surface area contributed by atoms with Crippen molar-refractivity contribution in [2.45, 2.75) is 42.2 Å². The predicted octanol–water partition coefficient (Wildman–Crippen LogP) is 4.72. The highest BCUT2D eigenvalue weighted by molar-refractivity contribution is 6.53. The lowest BCUT2D eigenvalue weighted by molar-refractivity contribution is -0.145. The van der Waals surface area contributed by atoms with Gasteiger partial charge in [-0.25, -0.2) is 8.78 Å². The Balaban J connectivity index is 1.55. The number of carbonyl (C=O) groups is 1. The monoisotopic (exact) mass is 470 g/mol. The van der Waals surface area contributed by atoms with Crippen LogP contribution in [0.15, 0.2) is 42.6 Å². The third kappa shape index (κ3) is 4.04. The minimum Gasteiger partial charge on any atom is -0.374 e. The first-order chi connectivity index (χ1) is 14.7. The number of hydrogen-bond donors (Lipinski definition) is 0. The van der Waals surface area contributed by atoms with Crippen molar-refractivity contribution >= 4 is 29.1 Å². The molecule has 2 unspecified atom stereocenters. The first-order valence-electron chi connectivity index (χ1n) is 9.85. The van der Waals surface area contributed by atoms with Gasteiger partial charge in [0.2, 0.25) is 0 Å². The van der Waals surface area contributed by atoms with Gasteiger partial charge in [-0.05, 0) is 31.0 Å². The van der Waals surface area contributed by atoms with Gasteiger partial charge in [0.05, 0.1) is 24.9 Å². The van der Waals surface area contributed by atoms with E-state index in [0.29, 0.717) is 5.69 Å². The van der Waals surface area contributed by atoms with Crippen molar-refractivity contribution in [3.63, 3.8) is 0 Å². The van der Waals surface area contributed by atoms with Crippen LogP contribution in [0.2, 0.25) is 0 Å². The molecular formula is C22H22Cl2F2N2O3. The number of nitrogens with zero attached hydrogens (tertiary/aromatic N) is 2. The van der Waals surface area contributed by atoms with Crippen LogP contribution in [0, 0.1) is 0 Å². The van der Waals surface area contributed by atoms with Crippen molar-refractivity contribution in [1.29, 1.82) is 0 Å². The molecule has 9 heteroatoms. The molecule has 3 heterocycles. The number of amides is 1. The minimum atomic E-state index is -1.51. The maximum atomic E-state index is 14.4. The van der Waals surface area contributed by atoms with E-state index in [-0.39, 0.29) is 13.2 Å². The van der Waals surface area contributed by atoms with Crippen LogP contribution >= 0.6 is 23.2 Å². The third-order valence-corrected chi connectivity index (χ3v) is 6.09. The second kappa shape index (κ2) is 8.28. The lowest BCUT2D eigenvalue weighted by Crippen LogP contribution is -2.50. The molecule has 0 saturated carbocycles. The number of alkyl halides is 4. The zero-order valence-corrected chi connectivity index (χ0v) is 18.5. The summed E-state index contributed by atoms with van der Waals surface area (Å²) in [4.78, 5) is 16.7. The zero-order valence-electron chi connectivity index (χ0n) is 17.0. The van der Waals surface area contributed by atoms with Crippen molar-refractivity contribution in [2.24, 2.45) is 0 Å². The summed E-state index contributed by atoms with van der Waals surface area (Å²) in [6, 6.07) is 9.95. The Morgan fingerprint density at radius 1 is 1.19 bits per heavy atom. The summed E-state index contributed by atoms with van der Waals surface area (Å²) in [5.41, 5.74) is 0.182. The van der Waals surface area contributed by atoms with Crippen LogP contribution in [0.3, 0.4) is 0 Å². The smallest absolute Gasteiger partial charge is 0.258 e. The molecule has 1 amide bonds. The molecule has 1 aromatic carbocycles. The van der Waals surface area contributed by atoms with Crippen LogP contribution < -0.4 is 0 Å². The number of carbonyl (C=O) groups excluding carboxylic acids is 1. The molecule has 2 fully saturated rings. The van der Waals surface area contributed by atoms with Crippen molar-refractivity contribution in [2.75, 3.05) is 19.9 Å². The van der Waals surface area contributed by atoms with Crippen LogP contribution in [-0.2, 0) is 19.9 Å². The average Bonchev–Trinajstić information content (AvgIpc) is 3.01. The maximum absolute atomic E-state index is 14.4. The molecule has 166 valence electrons. The molecular weight excluding hydrogens is 449 g/mol. The number of rotatable bonds is 5. The molecule has 0 bridgehead atoms. The molecule has 4 rings (SSSR count). The van der Waals surface area contributed by atoms with E-state index < -0.39 is 41.0 Å². The highest BCUT2D eigenvalue weighted by Gasteiger charge is 2.51. The Labute approximate surface area is 189 Å².